The van der Waals surface area contributed by atoms with Crippen LogP contribution in [0.1, 0.15) is 58.9 Å². The zero-order valence-electron chi connectivity index (χ0n) is 20.7. The van der Waals surface area contributed by atoms with E-state index in [9.17, 15) is 14.4 Å². The van der Waals surface area contributed by atoms with Gasteiger partial charge in [0.05, 0.1) is 12.7 Å². The summed E-state index contributed by atoms with van der Waals surface area (Å²) in [5.41, 5.74) is 3.03. The Morgan fingerprint density at radius 1 is 1.21 bits per heavy atom. The van der Waals surface area contributed by atoms with E-state index in [0.29, 0.717) is 53.4 Å². The summed E-state index contributed by atoms with van der Waals surface area (Å²) in [5, 5.41) is 3.33. The average Bonchev–Trinajstić information content (AvgIpc) is 2.74. The third kappa shape index (κ3) is 5.66. The van der Waals surface area contributed by atoms with Gasteiger partial charge in [0.2, 0.25) is 0 Å². The van der Waals surface area contributed by atoms with E-state index in [4.69, 9.17) is 14.2 Å². The van der Waals surface area contributed by atoms with Crippen molar-refractivity contribution in [2.75, 3.05) is 25.2 Å². The van der Waals surface area contributed by atoms with Gasteiger partial charge in [-0.1, -0.05) is 26.8 Å². The Morgan fingerprint density at radius 2 is 1.94 bits per heavy atom. The molecule has 0 bridgehead atoms. The summed E-state index contributed by atoms with van der Waals surface area (Å²) in [5.74, 6) is 0.766. The molecule has 0 amide bonds. The number of methoxy groups -OCH3 is 1. The molecule has 1 aromatic carbocycles. The summed E-state index contributed by atoms with van der Waals surface area (Å²) in [6, 6.07) is 5.12. The van der Waals surface area contributed by atoms with E-state index >= 15 is 0 Å². The van der Waals surface area contributed by atoms with Gasteiger partial charge in [0.15, 0.2) is 17.3 Å². The third-order valence-corrected chi connectivity index (χ3v) is 6.76. The van der Waals surface area contributed by atoms with Crippen LogP contribution in [0.15, 0.2) is 40.7 Å². The van der Waals surface area contributed by atoms with Crippen molar-refractivity contribution in [1.82, 2.24) is 5.32 Å². The number of esters is 2. The minimum atomic E-state index is -0.605. The predicted molar refractivity (Wildman–Crippen MR) is 132 cm³/mol. The van der Waals surface area contributed by atoms with Crippen LogP contribution in [0.2, 0.25) is 0 Å². The van der Waals surface area contributed by atoms with E-state index in [0.717, 1.165) is 11.4 Å². The van der Waals surface area contributed by atoms with E-state index in [2.05, 4.69) is 26.1 Å². The third-order valence-electron chi connectivity index (χ3n) is 5.90. The zero-order chi connectivity index (χ0) is 25.0. The van der Waals surface area contributed by atoms with E-state index in [1.165, 1.54) is 14.0 Å². The standard InChI is InChI=1S/C26H33NO6S/c1-7-34-11-10-32-25(30)22-15(2)27-18-13-26(4,5)14-19(29)24(18)23(22)17-8-9-20(33-16(3)28)21(12-17)31-6/h8-9,12,23,27H,7,10-11,13-14H2,1-6H3/t23-/m0/s1. The van der Waals surface area contributed by atoms with Crippen molar-refractivity contribution in [3.63, 3.8) is 0 Å². The maximum Gasteiger partial charge on any atom is 0.336 e. The first-order valence-electron chi connectivity index (χ1n) is 11.4. The number of ketones is 1. The molecule has 1 aliphatic carbocycles. The number of Topliss-reactive ketones (excluding diaryl/α,β-unsaturated/α-hetero) is 1. The van der Waals surface area contributed by atoms with Crippen LogP contribution in [0, 0.1) is 5.41 Å². The summed E-state index contributed by atoms with van der Waals surface area (Å²) < 4.78 is 16.3. The molecule has 1 heterocycles. The highest BCUT2D eigenvalue weighted by Gasteiger charge is 2.43. The minimum Gasteiger partial charge on any atom is -0.493 e. The van der Waals surface area contributed by atoms with Gasteiger partial charge in [-0.05, 0) is 42.2 Å². The molecule has 8 heteroatoms. The van der Waals surface area contributed by atoms with Gasteiger partial charge in [-0.3, -0.25) is 9.59 Å². The maximum absolute atomic E-state index is 13.4. The first-order chi connectivity index (χ1) is 16.1. The van der Waals surface area contributed by atoms with Crippen molar-refractivity contribution in [2.24, 2.45) is 5.41 Å². The number of carbonyl (C=O) groups excluding carboxylic acids is 3. The lowest BCUT2D eigenvalue weighted by atomic mass is 9.68. The summed E-state index contributed by atoms with van der Waals surface area (Å²) >= 11 is 1.69. The number of hydrogen-bond acceptors (Lipinski definition) is 8. The topological polar surface area (TPSA) is 90.9 Å². The van der Waals surface area contributed by atoms with Crippen molar-refractivity contribution in [1.29, 1.82) is 0 Å². The van der Waals surface area contributed by atoms with E-state index in [-0.39, 0.29) is 16.9 Å². The Balaban J connectivity index is 2.09. The Labute approximate surface area is 205 Å². The smallest absolute Gasteiger partial charge is 0.336 e. The highest BCUT2D eigenvalue weighted by atomic mass is 32.2. The molecule has 3 rings (SSSR count). The van der Waals surface area contributed by atoms with Crippen LogP contribution in [0.5, 0.6) is 11.5 Å². The first kappa shape index (κ1) is 25.9. The molecular formula is C26H33NO6S. The van der Waals surface area contributed by atoms with Gasteiger partial charge in [-0.15, -0.1) is 0 Å². The molecule has 2 aliphatic rings. The lowest BCUT2D eigenvalue weighted by molar-refractivity contribution is -0.138. The molecule has 7 nitrogen and oxygen atoms in total. The van der Waals surface area contributed by atoms with Crippen LogP contribution in [0.25, 0.3) is 0 Å². The second-order valence-corrected chi connectivity index (χ2v) is 10.7. The minimum absolute atomic E-state index is 0.00566. The first-order valence-corrected chi connectivity index (χ1v) is 12.6. The molecule has 34 heavy (non-hydrogen) atoms. The summed E-state index contributed by atoms with van der Waals surface area (Å²) in [6.07, 6.45) is 1.08. The van der Waals surface area contributed by atoms with Gasteiger partial charge in [0.25, 0.3) is 0 Å². The molecule has 0 aromatic heterocycles. The highest BCUT2D eigenvalue weighted by molar-refractivity contribution is 7.99. The monoisotopic (exact) mass is 487 g/mol. The Morgan fingerprint density at radius 3 is 2.59 bits per heavy atom. The second-order valence-electron chi connectivity index (χ2n) is 9.27. The molecule has 1 atom stereocenters. The largest absolute Gasteiger partial charge is 0.493 e. The molecule has 1 aromatic rings. The number of thioether (sulfide) groups is 1. The summed E-state index contributed by atoms with van der Waals surface area (Å²) in [6.45, 7) is 9.63. The molecule has 1 N–H and O–H groups in total. The lowest BCUT2D eigenvalue weighted by Gasteiger charge is -2.39. The van der Waals surface area contributed by atoms with Gasteiger partial charge in [0, 0.05) is 42.0 Å². The molecule has 0 saturated carbocycles. The fourth-order valence-electron chi connectivity index (χ4n) is 4.56. The Hall–Kier alpha value is -2.74. The number of benzene rings is 1. The van der Waals surface area contributed by atoms with Gasteiger partial charge in [-0.2, -0.15) is 11.8 Å². The lowest BCUT2D eigenvalue weighted by Crippen LogP contribution is -2.38. The number of rotatable bonds is 8. The maximum atomic E-state index is 13.4. The molecule has 0 saturated heterocycles. The average molecular weight is 488 g/mol. The molecule has 184 valence electrons. The fourth-order valence-corrected chi connectivity index (χ4v) is 5.05. The van der Waals surface area contributed by atoms with Crippen LogP contribution in [-0.2, 0) is 19.1 Å². The van der Waals surface area contributed by atoms with Crippen molar-refractivity contribution in [3.8, 4) is 11.5 Å². The van der Waals surface area contributed by atoms with E-state index < -0.39 is 17.9 Å². The Bertz CT molecular complexity index is 1060. The van der Waals surface area contributed by atoms with Gasteiger partial charge in [-0.25, -0.2) is 4.79 Å². The number of dihydropyridines is 1. The molecule has 0 spiro atoms. The van der Waals surface area contributed by atoms with Crippen LogP contribution in [0.3, 0.4) is 0 Å². The number of carbonyl (C=O) groups is 3. The van der Waals surface area contributed by atoms with Crippen LogP contribution in [0.4, 0.5) is 0 Å². The molecular weight excluding hydrogens is 454 g/mol. The van der Waals surface area contributed by atoms with Crippen LogP contribution in [-0.4, -0.2) is 42.9 Å². The van der Waals surface area contributed by atoms with Crippen LogP contribution >= 0.6 is 11.8 Å². The Kier molecular flexibility index (Phi) is 8.13. The quantitative estimate of drug-likeness (QED) is 0.325. The predicted octanol–water partition coefficient (Wildman–Crippen LogP) is 4.52. The van der Waals surface area contributed by atoms with Crippen molar-refractivity contribution in [3.05, 3.63) is 46.3 Å². The van der Waals surface area contributed by atoms with Gasteiger partial charge < -0.3 is 19.5 Å². The fraction of sp³-hybridized carbons (Fsp3) is 0.500. The number of hydrogen-bond donors (Lipinski definition) is 1. The molecule has 0 fully saturated rings. The summed E-state index contributed by atoms with van der Waals surface area (Å²) in [4.78, 5) is 38.1. The van der Waals surface area contributed by atoms with Gasteiger partial charge >= 0.3 is 11.9 Å². The van der Waals surface area contributed by atoms with E-state index in [1.54, 1.807) is 30.0 Å². The zero-order valence-corrected chi connectivity index (χ0v) is 21.5. The van der Waals surface area contributed by atoms with E-state index in [1.807, 2.05) is 6.92 Å². The second kappa shape index (κ2) is 10.7. The summed E-state index contributed by atoms with van der Waals surface area (Å²) in [7, 11) is 1.48. The van der Waals surface area contributed by atoms with Crippen molar-refractivity contribution < 1.29 is 28.6 Å². The molecule has 0 unspecified atom stereocenters. The van der Waals surface area contributed by atoms with Crippen LogP contribution < -0.4 is 14.8 Å². The molecule has 1 aliphatic heterocycles. The van der Waals surface area contributed by atoms with Crippen molar-refractivity contribution in [2.45, 2.75) is 53.4 Å². The normalized spacial score (nSPS) is 19.4. The highest BCUT2D eigenvalue weighted by Crippen LogP contribution is 2.47. The van der Waals surface area contributed by atoms with Gasteiger partial charge in [0.1, 0.15) is 6.61 Å². The SMILES string of the molecule is CCSCCOC(=O)C1=C(C)NC2=C(C(=O)CC(C)(C)C2)[C@H]1c1ccc(OC(C)=O)c(OC)c1. The number of nitrogens with one attached hydrogen (secondary N) is 1. The number of allylic oxidation sites excluding steroid dienone is 3. The number of ether oxygens (including phenoxy) is 3. The van der Waals surface area contributed by atoms with Crippen molar-refractivity contribution >= 4 is 29.5 Å². The molecule has 0 radical (unpaired) electrons.